The Morgan fingerprint density at radius 3 is 2.65 bits per heavy atom. The number of thiazole rings is 1. The third kappa shape index (κ3) is 3.29. The summed E-state index contributed by atoms with van der Waals surface area (Å²) in [6.07, 6.45) is 3.88. The van der Waals surface area contributed by atoms with Crippen molar-refractivity contribution < 1.29 is 9.47 Å². The van der Waals surface area contributed by atoms with E-state index in [2.05, 4.69) is 16.9 Å². The molecule has 5 heteroatoms. The highest BCUT2D eigenvalue weighted by atomic mass is 32.1. The lowest BCUT2D eigenvalue weighted by atomic mass is 9.86. The maximum Gasteiger partial charge on any atom is 0.281 e. The number of aromatic nitrogens is 2. The Morgan fingerprint density at radius 2 is 1.91 bits per heavy atom. The van der Waals surface area contributed by atoms with Crippen LogP contribution < -0.4 is 9.47 Å². The molecular formula is C18H18N2O2S. The molecule has 0 atom stereocenters. The Hall–Kier alpha value is -2.14. The van der Waals surface area contributed by atoms with Gasteiger partial charge in [0.1, 0.15) is 11.3 Å². The van der Waals surface area contributed by atoms with Crippen molar-refractivity contribution in [3.05, 3.63) is 42.0 Å². The predicted octanol–water partition coefficient (Wildman–Crippen LogP) is 4.97. The Kier molecular flexibility index (Phi) is 3.87. The van der Waals surface area contributed by atoms with Crippen LogP contribution in [-0.2, 0) is 0 Å². The van der Waals surface area contributed by atoms with Gasteiger partial charge in [0.05, 0.1) is 6.61 Å². The van der Waals surface area contributed by atoms with Crippen LogP contribution in [0.4, 0.5) is 0 Å². The minimum Gasteiger partial charge on any atom is -0.477 e. The summed E-state index contributed by atoms with van der Waals surface area (Å²) in [4.78, 5) is 9.85. The van der Waals surface area contributed by atoms with Crippen LogP contribution in [0.3, 0.4) is 0 Å². The summed E-state index contributed by atoms with van der Waals surface area (Å²) >= 11 is 1.44. The van der Waals surface area contributed by atoms with Gasteiger partial charge in [-0.15, -0.1) is 0 Å². The monoisotopic (exact) mass is 326 g/mol. The number of ether oxygens (including phenoxy) is 2. The normalized spacial score (nSPS) is 14.7. The van der Waals surface area contributed by atoms with E-state index in [0.29, 0.717) is 17.0 Å². The van der Waals surface area contributed by atoms with Crippen molar-refractivity contribution in [2.45, 2.75) is 26.2 Å². The molecule has 1 aromatic carbocycles. The van der Waals surface area contributed by atoms with Crippen molar-refractivity contribution in [2.24, 2.45) is 5.92 Å². The van der Waals surface area contributed by atoms with Crippen LogP contribution in [0, 0.1) is 12.8 Å². The van der Waals surface area contributed by atoms with E-state index in [9.17, 15) is 0 Å². The average Bonchev–Trinajstić information content (AvgIpc) is 2.89. The number of hydrogen-bond donors (Lipinski definition) is 0. The molecule has 0 N–H and O–H groups in total. The molecule has 4 rings (SSSR count). The van der Waals surface area contributed by atoms with E-state index in [0.717, 1.165) is 22.7 Å². The van der Waals surface area contributed by atoms with Gasteiger partial charge >= 0.3 is 0 Å². The fourth-order valence-corrected chi connectivity index (χ4v) is 3.28. The fraction of sp³-hybridized carbons (Fsp3) is 0.333. The van der Waals surface area contributed by atoms with E-state index >= 15 is 0 Å². The third-order valence-corrected chi connectivity index (χ3v) is 4.97. The molecular weight excluding hydrogens is 308 g/mol. The first-order valence-corrected chi connectivity index (χ1v) is 8.73. The van der Waals surface area contributed by atoms with Crippen LogP contribution in [0.2, 0.25) is 0 Å². The second-order valence-corrected chi connectivity index (χ2v) is 6.92. The van der Waals surface area contributed by atoms with Gasteiger partial charge in [-0.05, 0) is 43.9 Å². The number of rotatable bonds is 5. The molecule has 0 bridgehead atoms. The first-order valence-electron chi connectivity index (χ1n) is 7.91. The van der Waals surface area contributed by atoms with Crippen LogP contribution in [0.1, 0.15) is 24.8 Å². The van der Waals surface area contributed by atoms with Crippen LogP contribution in [0.15, 0.2) is 36.4 Å². The Labute approximate surface area is 139 Å². The van der Waals surface area contributed by atoms with Gasteiger partial charge in [-0.25, -0.2) is 9.97 Å². The summed E-state index contributed by atoms with van der Waals surface area (Å²) < 4.78 is 11.6. The molecule has 118 valence electrons. The predicted molar refractivity (Wildman–Crippen MR) is 91.5 cm³/mol. The van der Waals surface area contributed by atoms with Crippen molar-refractivity contribution in [3.63, 3.8) is 0 Å². The van der Waals surface area contributed by atoms with E-state index in [1.165, 1.54) is 36.2 Å². The Balaban J connectivity index is 1.49. The van der Waals surface area contributed by atoms with Gasteiger partial charge in [0.25, 0.3) is 5.19 Å². The molecule has 1 fully saturated rings. The van der Waals surface area contributed by atoms with Gasteiger partial charge in [0.15, 0.2) is 4.83 Å². The summed E-state index contributed by atoms with van der Waals surface area (Å²) in [5.74, 6) is 2.17. The molecule has 0 unspecified atom stereocenters. The second-order valence-electron chi connectivity index (χ2n) is 5.98. The molecule has 2 aromatic heterocycles. The zero-order valence-electron chi connectivity index (χ0n) is 13.0. The first-order chi connectivity index (χ1) is 11.3. The summed E-state index contributed by atoms with van der Waals surface area (Å²) in [5.41, 5.74) is 2.05. The lowest BCUT2D eigenvalue weighted by molar-refractivity contribution is 0.176. The quantitative estimate of drug-likeness (QED) is 0.664. The number of pyridine rings is 1. The number of nitrogens with zero attached hydrogens (tertiary/aromatic N) is 2. The van der Waals surface area contributed by atoms with E-state index in [-0.39, 0.29) is 0 Å². The van der Waals surface area contributed by atoms with Crippen LogP contribution in [-0.4, -0.2) is 16.6 Å². The van der Waals surface area contributed by atoms with Gasteiger partial charge in [-0.1, -0.05) is 35.5 Å². The smallest absolute Gasteiger partial charge is 0.281 e. The molecule has 23 heavy (non-hydrogen) atoms. The summed E-state index contributed by atoms with van der Waals surface area (Å²) in [5, 5.41) is 0.604. The number of hydrogen-bond acceptors (Lipinski definition) is 5. The highest BCUT2D eigenvalue weighted by Gasteiger charge is 2.18. The highest BCUT2D eigenvalue weighted by molar-refractivity contribution is 7.19. The molecule has 0 amide bonds. The number of fused-ring (bicyclic) bond motifs is 1. The van der Waals surface area contributed by atoms with Gasteiger partial charge < -0.3 is 9.47 Å². The zero-order valence-corrected chi connectivity index (χ0v) is 13.8. The zero-order chi connectivity index (χ0) is 15.6. The molecule has 0 saturated heterocycles. The van der Waals surface area contributed by atoms with Crippen LogP contribution in [0.25, 0.3) is 10.3 Å². The SMILES string of the molecule is Cc1ccc(Oc2nc3ccc(OCC4CCC4)nc3s2)cc1. The standard InChI is InChI=1S/C18H18N2O2S/c1-12-5-7-14(8-6-12)22-18-19-15-9-10-16(20-17(15)23-18)21-11-13-3-2-4-13/h5-10,13H,2-4,11H2,1H3. The van der Waals surface area contributed by atoms with Crippen molar-refractivity contribution in [1.82, 2.24) is 9.97 Å². The average molecular weight is 326 g/mol. The van der Waals surface area contributed by atoms with Crippen molar-refractivity contribution in [3.8, 4) is 16.8 Å². The lowest BCUT2D eigenvalue weighted by Crippen LogP contribution is -2.19. The van der Waals surface area contributed by atoms with Gasteiger partial charge in [-0.2, -0.15) is 0 Å². The molecule has 3 aromatic rings. The fourth-order valence-electron chi connectivity index (χ4n) is 2.47. The molecule has 1 saturated carbocycles. The summed E-state index contributed by atoms with van der Waals surface area (Å²) in [6, 6.07) is 11.8. The maximum absolute atomic E-state index is 5.81. The van der Waals surface area contributed by atoms with Crippen LogP contribution in [0.5, 0.6) is 16.8 Å². The molecule has 1 aliphatic rings. The minimum absolute atomic E-state index is 0.604. The summed E-state index contributed by atoms with van der Waals surface area (Å²) in [7, 11) is 0. The van der Waals surface area contributed by atoms with E-state index in [1.54, 1.807) is 0 Å². The lowest BCUT2D eigenvalue weighted by Gasteiger charge is -2.24. The molecule has 4 nitrogen and oxygen atoms in total. The molecule has 0 aliphatic heterocycles. The summed E-state index contributed by atoms with van der Waals surface area (Å²) in [6.45, 7) is 2.82. The number of benzene rings is 1. The van der Waals surface area contributed by atoms with Gasteiger partial charge in [-0.3, -0.25) is 0 Å². The van der Waals surface area contributed by atoms with Crippen LogP contribution >= 0.6 is 11.3 Å². The third-order valence-electron chi connectivity index (χ3n) is 4.13. The minimum atomic E-state index is 0.604. The van der Waals surface area contributed by atoms with Crippen molar-refractivity contribution in [1.29, 1.82) is 0 Å². The van der Waals surface area contributed by atoms with E-state index in [4.69, 9.17) is 9.47 Å². The van der Waals surface area contributed by atoms with Crippen molar-refractivity contribution in [2.75, 3.05) is 6.61 Å². The van der Waals surface area contributed by atoms with Gasteiger partial charge in [0, 0.05) is 6.07 Å². The van der Waals surface area contributed by atoms with Gasteiger partial charge in [0.2, 0.25) is 5.88 Å². The molecule has 0 radical (unpaired) electrons. The first kappa shape index (κ1) is 14.5. The molecule has 0 spiro atoms. The number of aryl methyl sites for hydroxylation is 1. The molecule has 2 heterocycles. The Bertz CT molecular complexity index is 810. The maximum atomic E-state index is 5.81. The molecule has 1 aliphatic carbocycles. The van der Waals surface area contributed by atoms with E-state index in [1.807, 2.05) is 36.4 Å². The highest BCUT2D eigenvalue weighted by Crippen LogP contribution is 2.32. The Morgan fingerprint density at radius 1 is 1.09 bits per heavy atom. The van der Waals surface area contributed by atoms with Crippen molar-refractivity contribution >= 4 is 21.7 Å². The largest absolute Gasteiger partial charge is 0.477 e. The van der Waals surface area contributed by atoms with E-state index < -0.39 is 0 Å². The second kappa shape index (κ2) is 6.16. The topological polar surface area (TPSA) is 44.2 Å².